The van der Waals surface area contributed by atoms with E-state index in [2.05, 4.69) is 149 Å². The molecule has 0 atom stereocenters. The molecular formula is C49H33N5. The van der Waals surface area contributed by atoms with Gasteiger partial charge in [0.15, 0.2) is 17.5 Å². The zero-order valence-corrected chi connectivity index (χ0v) is 29.3. The SMILES string of the molecule is c1ccc(-c2nc(-c3ccccc3)nc(-c3ccc4c5c(cccc35)-c3c(N(c5ccccc5)c5ccccc5)cccc3N4c3ccccc3)n2)cc1. The summed E-state index contributed by atoms with van der Waals surface area (Å²) >= 11 is 0. The zero-order valence-electron chi connectivity index (χ0n) is 29.3. The molecule has 0 radical (unpaired) electrons. The Morgan fingerprint density at radius 1 is 0.370 bits per heavy atom. The molecule has 0 saturated heterocycles. The van der Waals surface area contributed by atoms with Crippen LogP contribution < -0.4 is 9.80 Å². The molecule has 2 heterocycles. The van der Waals surface area contributed by atoms with Crippen LogP contribution in [0.4, 0.5) is 34.1 Å². The number of benzene rings is 8. The maximum Gasteiger partial charge on any atom is 0.164 e. The fourth-order valence-electron chi connectivity index (χ4n) is 7.65. The molecule has 5 heteroatoms. The zero-order chi connectivity index (χ0) is 35.8. The third-order valence-electron chi connectivity index (χ3n) is 10.0. The Labute approximate surface area is 314 Å². The van der Waals surface area contributed by atoms with Gasteiger partial charge in [0.1, 0.15) is 0 Å². The maximum atomic E-state index is 5.16. The number of para-hydroxylation sites is 3. The molecule has 0 amide bonds. The summed E-state index contributed by atoms with van der Waals surface area (Å²) in [7, 11) is 0. The van der Waals surface area contributed by atoms with E-state index in [0.717, 1.165) is 72.7 Å². The maximum absolute atomic E-state index is 5.16. The van der Waals surface area contributed by atoms with Gasteiger partial charge in [0.05, 0.1) is 17.1 Å². The van der Waals surface area contributed by atoms with Gasteiger partial charge in [-0.15, -0.1) is 0 Å². The van der Waals surface area contributed by atoms with Gasteiger partial charge < -0.3 is 9.80 Å². The lowest BCUT2D eigenvalue weighted by molar-refractivity contribution is 1.08. The quantitative estimate of drug-likeness (QED) is 0.166. The molecule has 9 aromatic rings. The summed E-state index contributed by atoms with van der Waals surface area (Å²) in [5.74, 6) is 1.91. The highest BCUT2D eigenvalue weighted by molar-refractivity contribution is 6.19. The first-order valence-electron chi connectivity index (χ1n) is 18.1. The Hall–Kier alpha value is -7.37. The second kappa shape index (κ2) is 13.3. The van der Waals surface area contributed by atoms with E-state index in [1.807, 2.05) is 60.7 Å². The van der Waals surface area contributed by atoms with Crippen LogP contribution in [-0.4, -0.2) is 15.0 Å². The summed E-state index contributed by atoms with van der Waals surface area (Å²) < 4.78 is 0. The van der Waals surface area contributed by atoms with Crippen LogP contribution in [0.5, 0.6) is 0 Å². The van der Waals surface area contributed by atoms with Crippen molar-refractivity contribution in [3.05, 3.63) is 200 Å². The lowest BCUT2D eigenvalue weighted by Gasteiger charge is -2.37. The number of hydrogen-bond donors (Lipinski definition) is 0. The van der Waals surface area contributed by atoms with E-state index in [1.165, 1.54) is 0 Å². The van der Waals surface area contributed by atoms with Crippen LogP contribution in [0.1, 0.15) is 0 Å². The normalized spacial score (nSPS) is 11.7. The molecule has 0 spiro atoms. The van der Waals surface area contributed by atoms with E-state index in [0.29, 0.717) is 17.5 Å². The van der Waals surface area contributed by atoms with Crippen molar-refractivity contribution in [1.82, 2.24) is 15.0 Å². The number of nitrogens with zero attached hydrogens (tertiary/aromatic N) is 5. The molecule has 0 N–H and O–H groups in total. The largest absolute Gasteiger partial charge is 0.310 e. The molecule has 0 saturated carbocycles. The molecule has 5 nitrogen and oxygen atoms in total. The number of anilines is 6. The average Bonchev–Trinajstić information content (AvgIpc) is 3.25. The van der Waals surface area contributed by atoms with Crippen LogP contribution in [0, 0.1) is 0 Å². The highest BCUT2D eigenvalue weighted by Crippen LogP contribution is 2.56. The highest BCUT2D eigenvalue weighted by atomic mass is 15.2. The second-order valence-corrected chi connectivity index (χ2v) is 13.2. The molecule has 54 heavy (non-hydrogen) atoms. The summed E-state index contributed by atoms with van der Waals surface area (Å²) in [5.41, 5.74) is 11.7. The molecule has 1 aliphatic rings. The Morgan fingerprint density at radius 3 is 1.48 bits per heavy atom. The van der Waals surface area contributed by atoms with Gasteiger partial charge in [-0.2, -0.15) is 0 Å². The molecule has 8 aromatic carbocycles. The summed E-state index contributed by atoms with van der Waals surface area (Å²) in [4.78, 5) is 20.0. The van der Waals surface area contributed by atoms with Crippen molar-refractivity contribution in [3.8, 4) is 45.3 Å². The Bertz CT molecular complexity index is 2660. The molecule has 0 fully saturated rings. The van der Waals surface area contributed by atoms with Crippen molar-refractivity contribution >= 4 is 44.9 Å². The summed E-state index contributed by atoms with van der Waals surface area (Å²) in [6, 6.07) is 69.8. The lowest BCUT2D eigenvalue weighted by atomic mass is 9.87. The van der Waals surface area contributed by atoms with Gasteiger partial charge >= 0.3 is 0 Å². The smallest absolute Gasteiger partial charge is 0.164 e. The minimum Gasteiger partial charge on any atom is -0.310 e. The van der Waals surface area contributed by atoms with E-state index in [9.17, 15) is 0 Å². The molecule has 1 aliphatic heterocycles. The topological polar surface area (TPSA) is 45.2 Å². The lowest BCUT2D eigenvalue weighted by Crippen LogP contribution is -2.18. The van der Waals surface area contributed by atoms with Crippen LogP contribution in [0.25, 0.3) is 56.1 Å². The predicted octanol–water partition coefficient (Wildman–Crippen LogP) is 12.9. The van der Waals surface area contributed by atoms with Crippen molar-refractivity contribution in [2.24, 2.45) is 0 Å². The van der Waals surface area contributed by atoms with Crippen LogP contribution in [-0.2, 0) is 0 Å². The van der Waals surface area contributed by atoms with Gasteiger partial charge in [-0.05, 0) is 71.6 Å². The monoisotopic (exact) mass is 691 g/mol. The van der Waals surface area contributed by atoms with E-state index < -0.39 is 0 Å². The van der Waals surface area contributed by atoms with Gasteiger partial charge in [0.25, 0.3) is 0 Å². The minimum atomic E-state index is 0.631. The molecular weight excluding hydrogens is 659 g/mol. The van der Waals surface area contributed by atoms with Gasteiger partial charge in [0, 0.05) is 44.7 Å². The van der Waals surface area contributed by atoms with E-state index >= 15 is 0 Å². The highest BCUT2D eigenvalue weighted by Gasteiger charge is 2.31. The Kier molecular flexibility index (Phi) is 7.73. The first-order chi connectivity index (χ1) is 26.8. The van der Waals surface area contributed by atoms with Crippen molar-refractivity contribution in [2.45, 2.75) is 0 Å². The average molecular weight is 692 g/mol. The summed E-state index contributed by atoms with van der Waals surface area (Å²) in [6.07, 6.45) is 0. The van der Waals surface area contributed by atoms with Crippen molar-refractivity contribution in [1.29, 1.82) is 0 Å². The molecule has 254 valence electrons. The first-order valence-corrected chi connectivity index (χ1v) is 18.1. The predicted molar refractivity (Wildman–Crippen MR) is 222 cm³/mol. The van der Waals surface area contributed by atoms with Crippen LogP contribution in [0.2, 0.25) is 0 Å². The van der Waals surface area contributed by atoms with Gasteiger partial charge in [-0.1, -0.05) is 140 Å². The third kappa shape index (κ3) is 5.38. The molecule has 10 rings (SSSR count). The standard InChI is InChI=1S/C49H33N5/c1-6-18-34(19-7-1)47-50-48(35-20-8-2-9-21-35)52-49(51-47)40-32-33-44-45-39(40)28-16-29-41(45)46-42(30-17-31-43(46)54(44)38-26-14-5-15-27-38)53(36-22-10-3-11-23-36)37-24-12-4-13-25-37/h1-33H. The van der Waals surface area contributed by atoms with Crippen LogP contribution in [0.15, 0.2) is 200 Å². The van der Waals surface area contributed by atoms with E-state index in [4.69, 9.17) is 15.0 Å². The number of aromatic nitrogens is 3. The van der Waals surface area contributed by atoms with Crippen molar-refractivity contribution < 1.29 is 0 Å². The van der Waals surface area contributed by atoms with Crippen molar-refractivity contribution in [2.75, 3.05) is 9.80 Å². The minimum absolute atomic E-state index is 0.631. The fourth-order valence-corrected chi connectivity index (χ4v) is 7.65. The fraction of sp³-hybridized carbons (Fsp3) is 0. The van der Waals surface area contributed by atoms with Crippen LogP contribution in [0.3, 0.4) is 0 Å². The molecule has 1 aromatic heterocycles. The number of hydrogen-bond acceptors (Lipinski definition) is 5. The van der Waals surface area contributed by atoms with Gasteiger partial charge in [-0.25, -0.2) is 15.0 Å². The summed E-state index contributed by atoms with van der Waals surface area (Å²) in [5, 5.41) is 2.21. The van der Waals surface area contributed by atoms with E-state index in [-0.39, 0.29) is 0 Å². The Morgan fingerprint density at radius 2 is 0.889 bits per heavy atom. The number of fused-ring (bicyclic) bond motifs is 2. The Balaban J connectivity index is 1.26. The third-order valence-corrected chi connectivity index (χ3v) is 10.0. The van der Waals surface area contributed by atoms with E-state index in [1.54, 1.807) is 0 Å². The molecule has 0 unspecified atom stereocenters. The first kappa shape index (κ1) is 31.4. The molecule has 0 aliphatic carbocycles. The second-order valence-electron chi connectivity index (χ2n) is 13.2. The van der Waals surface area contributed by atoms with Crippen molar-refractivity contribution in [3.63, 3.8) is 0 Å². The number of rotatable bonds is 7. The van der Waals surface area contributed by atoms with Gasteiger partial charge in [0.2, 0.25) is 0 Å². The molecule has 0 bridgehead atoms. The summed E-state index contributed by atoms with van der Waals surface area (Å²) in [6.45, 7) is 0. The van der Waals surface area contributed by atoms with Gasteiger partial charge in [-0.3, -0.25) is 0 Å². The van der Waals surface area contributed by atoms with Crippen LogP contribution >= 0.6 is 0 Å².